The van der Waals surface area contributed by atoms with Crippen LogP contribution in [0.3, 0.4) is 0 Å². The highest BCUT2D eigenvalue weighted by atomic mass is 32.1. The highest BCUT2D eigenvalue weighted by Gasteiger charge is 2.27. The number of benzene rings is 1. The molecule has 0 saturated heterocycles. The first-order valence-electron chi connectivity index (χ1n) is 10.3. The number of carbonyl (C=O) groups is 1. The molecular weight excluding hydrogens is 408 g/mol. The average molecular weight is 431 g/mol. The summed E-state index contributed by atoms with van der Waals surface area (Å²) < 4.78 is 0. The van der Waals surface area contributed by atoms with Crippen LogP contribution in [0.4, 0.5) is 5.82 Å². The second-order valence-corrected chi connectivity index (χ2v) is 8.46. The molecule has 0 saturated carbocycles. The normalized spacial score (nSPS) is 13.3. The number of anilines is 1. The molecule has 1 aromatic carbocycles. The van der Waals surface area contributed by atoms with Crippen molar-refractivity contribution in [1.82, 2.24) is 19.9 Å². The number of rotatable bonds is 5. The number of fused-ring (bicyclic) bond motifs is 3. The first-order valence-corrected chi connectivity index (χ1v) is 11.1. The van der Waals surface area contributed by atoms with E-state index in [0.717, 1.165) is 33.6 Å². The Morgan fingerprint density at radius 3 is 2.71 bits per heavy atom. The number of nitrogens with two attached hydrogens (primary N) is 1. The van der Waals surface area contributed by atoms with Gasteiger partial charge in [-0.3, -0.25) is 9.78 Å². The molecule has 0 aliphatic carbocycles. The molecule has 1 amide bonds. The first kappa shape index (κ1) is 19.6. The van der Waals surface area contributed by atoms with Crippen LogP contribution in [0.25, 0.3) is 21.6 Å². The van der Waals surface area contributed by atoms with Crippen molar-refractivity contribution in [2.45, 2.75) is 13.0 Å². The molecule has 5 rings (SSSR count). The number of aromatic nitrogens is 3. The molecule has 0 bridgehead atoms. The number of nitrogens with one attached hydrogen (secondary N) is 1. The molecule has 156 valence electrons. The second-order valence-electron chi connectivity index (χ2n) is 7.37. The highest BCUT2D eigenvalue weighted by molar-refractivity contribution is 7.19. The number of nitrogens with zero attached hydrogens (tertiary/aromatic N) is 4. The first-order chi connectivity index (χ1) is 15.2. The van der Waals surface area contributed by atoms with Gasteiger partial charge in [-0.15, -0.1) is 11.3 Å². The van der Waals surface area contributed by atoms with E-state index in [2.05, 4.69) is 10.3 Å². The van der Waals surface area contributed by atoms with E-state index in [-0.39, 0.29) is 5.91 Å². The van der Waals surface area contributed by atoms with E-state index in [1.165, 1.54) is 10.4 Å². The fourth-order valence-electron chi connectivity index (χ4n) is 3.88. The Bertz CT molecular complexity index is 1230. The topological polar surface area (TPSA) is 97.0 Å². The fraction of sp³-hybridized carbons (Fsp3) is 0.217. The molecule has 4 aromatic rings. The van der Waals surface area contributed by atoms with Gasteiger partial charge < -0.3 is 16.0 Å². The zero-order valence-electron chi connectivity index (χ0n) is 16.9. The van der Waals surface area contributed by atoms with Crippen molar-refractivity contribution >= 4 is 33.3 Å². The van der Waals surface area contributed by atoms with Gasteiger partial charge in [0.05, 0.1) is 11.9 Å². The third-order valence-corrected chi connectivity index (χ3v) is 6.49. The lowest BCUT2D eigenvalue weighted by Gasteiger charge is -2.27. The van der Waals surface area contributed by atoms with Crippen LogP contribution in [0.1, 0.15) is 20.8 Å². The predicted molar refractivity (Wildman–Crippen MR) is 123 cm³/mol. The fourth-order valence-corrected chi connectivity index (χ4v) is 5.12. The molecule has 7 nitrogen and oxygen atoms in total. The minimum atomic E-state index is 0.0637. The van der Waals surface area contributed by atoms with Crippen LogP contribution in [-0.4, -0.2) is 45.4 Å². The largest absolute Gasteiger partial charge is 0.368 e. The summed E-state index contributed by atoms with van der Waals surface area (Å²) in [5, 5.41) is 4.43. The number of hydrogen-bond donors (Lipinski definition) is 2. The zero-order valence-corrected chi connectivity index (χ0v) is 17.7. The molecular formula is C23H22N6OS. The van der Waals surface area contributed by atoms with Crippen molar-refractivity contribution in [2.24, 2.45) is 5.73 Å². The third-order valence-electron chi connectivity index (χ3n) is 5.38. The molecule has 0 fully saturated rings. The van der Waals surface area contributed by atoms with E-state index >= 15 is 0 Å². The van der Waals surface area contributed by atoms with Crippen molar-refractivity contribution in [3.05, 3.63) is 70.9 Å². The quantitative estimate of drug-likeness (QED) is 0.504. The van der Waals surface area contributed by atoms with Crippen molar-refractivity contribution in [2.75, 3.05) is 25.0 Å². The number of thiophene rings is 1. The minimum absolute atomic E-state index is 0.0637. The molecule has 3 aromatic heterocycles. The van der Waals surface area contributed by atoms with Gasteiger partial charge in [-0.25, -0.2) is 9.97 Å². The monoisotopic (exact) mass is 430 g/mol. The summed E-state index contributed by atoms with van der Waals surface area (Å²) in [6.07, 6.45) is 4.26. The molecule has 1 aliphatic rings. The smallest absolute Gasteiger partial charge is 0.254 e. The van der Waals surface area contributed by atoms with Gasteiger partial charge in [0.1, 0.15) is 10.6 Å². The Kier molecular flexibility index (Phi) is 5.31. The number of carbonyl (C=O) groups excluding carboxylic acids is 1. The minimum Gasteiger partial charge on any atom is -0.368 e. The van der Waals surface area contributed by atoms with Crippen LogP contribution in [0.5, 0.6) is 0 Å². The Morgan fingerprint density at radius 2 is 1.94 bits per heavy atom. The Hall–Kier alpha value is -3.36. The van der Waals surface area contributed by atoms with E-state index in [9.17, 15) is 4.79 Å². The summed E-state index contributed by atoms with van der Waals surface area (Å²) in [6, 6.07) is 13.3. The Balaban J connectivity index is 1.54. The molecule has 31 heavy (non-hydrogen) atoms. The Labute approximate surface area is 184 Å². The van der Waals surface area contributed by atoms with Crippen LogP contribution in [-0.2, 0) is 13.0 Å². The molecule has 0 spiro atoms. The van der Waals surface area contributed by atoms with Crippen LogP contribution in [0.15, 0.2) is 54.9 Å². The van der Waals surface area contributed by atoms with Crippen molar-refractivity contribution in [3.8, 4) is 11.4 Å². The molecule has 4 heterocycles. The lowest BCUT2D eigenvalue weighted by atomic mass is 10.0. The summed E-state index contributed by atoms with van der Waals surface area (Å²) in [4.78, 5) is 30.7. The van der Waals surface area contributed by atoms with Crippen LogP contribution in [0.2, 0.25) is 0 Å². The van der Waals surface area contributed by atoms with Gasteiger partial charge in [-0.05, 0) is 36.2 Å². The molecule has 3 N–H and O–H groups in total. The number of amides is 1. The van der Waals surface area contributed by atoms with Gasteiger partial charge in [0.2, 0.25) is 0 Å². The zero-order chi connectivity index (χ0) is 21.2. The maximum atomic E-state index is 12.9. The number of hydrogen-bond acceptors (Lipinski definition) is 7. The third kappa shape index (κ3) is 3.75. The molecule has 0 unspecified atom stereocenters. The highest BCUT2D eigenvalue weighted by Crippen LogP contribution is 2.39. The van der Waals surface area contributed by atoms with Gasteiger partial charge in [0.15, 0.2) is 5.82 Å². The molecule has 8 heteroatoms. The van der Waals surface area contributed by atoms with Crippen LogP contribution < -0.4 is 11.1 Å². The maximum Gasteiger partial charge on any atom is 0.254 e. The second kappa shape index (κ2) is 8.41. The van der Waals surface area contributed by atoms with Crippen molar-refractivity contribution < 1.29 is 4.79 Å². The van der Waals surface area contributed by atoms with E-state index < -0.39 is 0 Å². The van der Waals surface area contributed by atoms with Crippen LogP contribution >= 0.6 is 11.3 Å². The van der Waals surface area contributed by atoms with Gasteiger partial charge in [-0.2, -0.15) is 0 Å². The average Bonchev–Trinajstić information content (AvgIpc) is 3.21. The summed E-state index contributed by atoms with van der Waals surface area (Å²) in [5.41, 5.74) is 8.60. The van der Waals surface area contributed by atoms with Crippen LogP contribution in [0, 0.1) is 0 Å². The van der Waals surface area contributed by atoms with Gasteiger partial charge in [0, 0.05) is 48.0 Å². The summed E-state index contributed by atoms with van der Waals surface area (Å²) in [5.74, 6) is 1.53. The molecule has 0 atom stereocenters. The van der Waals surface area contributed by atoms with Crippen molar-refractivity contribution in [3.63, 3.8) is 0 Å². The molecule has 0 radical (unpaired) electrons. The lowest BCUT2D eigenvalue weighted by molar-refractivity contribution is 0.0737. The summed E-state index contributed by atoms with van der Waals surface area (Å²) in [6.45, 7) is 2.41. The van der Waals surface area contributed by atoms with E-state index in [4.69, 9.17) is 15.7 Å². The molecule has 1 aliphatic heterocycles. The summed E-state index contributed by atoms with van der Waals surface area (Å²) in [7, 11) is 0. The van der Waals surface area contributed by atoms with E-state index in [1.54, 1.807) is 23.7 Å². The SMILES string of the molecule is NCCNc1nc(-c2ccncc2)nc2sc3c(c12)CCN(C(=O)c1ccccc1)C3. The van der Waals surface area contributed by atoms with Crippen molar-refractivity contribution in [1.29, 1.82) is 0 Å². The van der Waals surface area contributed by atoms with E-state index in [0.29, 0.717) is 32.0 Å². The lowest BCUT2D eigenvalue weighted by Crippen LogP contribution is -2.35. The predicted octanol–water partition coefficient (Wildman–Crippen LogP) is 3.32. The number of pyridine rings is 1. The van der Waals surface area contributed by atoms with E-state index in [1.807, 2.05) is 47.4 Å². The van der Waals surface area contributed by atoms with Gasteiger partial charge in [0.25, 0.3) is 5.91 Å². The Morgan fingerprint density at radius 1 is 1.13 bits per heavy atom. The summed E-state index contributed by atoms with van der Waals surface area (Å²) >= 11 is 1.64. The van der Waals surface area contributed by atoms with Gasteiger partial charge >= 0.3 is 0 Å². The maximum absolute atomic E-state index is 12.9. The standard InChI is InChI=1S/C23H22N6OS/c24-9-12-26-21-19-17-8-13-29(23(30)16-4-2-1-3-5-16)14-18(17)31-22(19)28-20(27-21)15-6-10-25-11-7-15/h1-7,10-11H,8-9,12-14,24H2,(H,26,27,28). The van der Waals surface area contributed by atoms with Gasteiger partial charge in [-0.1, -0.05) is 18.2 Å².